The first kappa shape index (κ1) is 15.7. The van der Waals surface area contributed by atoms with Crippen LogP contribution in [0.15, 0.2) is 35.7 Å². The van der Waals surface area contributed by atoms with E-state index < -0.39 is 0 Å². The molecule has 3 atom stereocenters. The van der Waals surface area contributed by atoms with Gasteiger partial charge in [0, 0.05) is 24.7 Å². The quantitative estimate of drug-likeness (QED) is 0.922. The molecule has 0 spiro atoms. The number of thiophene rings is 1. The minimum absolute atomic E-state index is 0.0148. The van der Waals surface area contributed by atoms with Gasteiger partial charge in [0.1, 0.15) is 5.75 Å². The number of nitrogens with one attached hydrogen (secondary N) is 1. The topological polar surface area (TPSA) is 41.6 Å². The molecule has 0 saturated carbocycles. The maximum Gasteiger partial charge on any atom is 0.251 e. The fraction of sp³-hybridized carbons (Fsp3) is 0.421. The van der Waals surface area contributed by atoms with Gasteiger partial charge in [0.15, 0.2) is 5.06 Å². The third-order valence-electron chi connectivity index (χ3n) is 4.84. The summed E-state index contributed by atoms with van der Waals surface area (Å²) in [6.45, 7) is 5.43. The summed E-state index contributed by atoms with van der Waals surface area (Å²) in [6, 6.07) is 9.68. The second kappa shape index (κ2) is 6.57. The molecule has 2 bridgehead atoms. The van der Waals surface area contributed by atoms with Crippen molar-refractivity contribution < 1.29 is 9.53 Å². The number of hydrogen-bond acceptors (Lipinski definition) is 4. The standard InChI is InChI=1S/C19H22N2O2S/c1-13-8-18(24-12-13)23-17-4-2-15(3-5-17)19(22)20-16-9-14-6-7-21(10-14)11-16/h2-5,8,12,14,16H,6-7,9-11H2,1H3,(H,20,22)/t14-,16-/m1/s1. The van der Waals surface area contributed by atoms with Crippen molar-refractivity contribution in [1.29, 1.82) is 0 Å². The summed E-state index contributed by atoms with van der Waals surface area (Å²) in [4.78, 5) is 14.9. The largest absolute Gasteiger partial charge is 0.447 e. The molecule has 0 radical (unpaired) electrons. The van der Waals surface area contributed by atoms with Crippen LogP contribution < -0.4 is 10.1 Å². The van der Waals surface area contributed by atoms with E-state index >= 15 is 0 Å². The number of piperidine rings is 1. The molecule has 2 fully saturated rings. The Kier molecular flexibility index (Phi) is 4.29. The van der Waals surface area contributed by atoms with Crippen LogP contribution in [0.1, 0.15) is 28.8 Å². The lowest BCUT2D eigenvalue weighted by atomic mass is 9.96. The molecule has 2 aliphatic heterocycles. The Labute approximate surface area is 146 Å². The van der Waals surface area contributed by atoms with Gasteiger partial charge < -0.3 is 15.0 Å². The Morgan fingerprint density at radius 2 is 2.12 bits per heavy atom. The Morgan fingerprint density at radius 3 is 2.83 bits per heavy atom. The molecule has 2 saturated heterocycles. The summed E-state index contributed by atoms with van der Waals surface area (Å²) in [5.74, 6) is 1.53. The lowest BCUT2D eigenvalue weighted by molar-refractivity contribution is 0.0909. The predicted molar refractivity (Wildman–Crippen MR) is 96.0 cm³/mol. The van der Waals surface area contributed by atoms with Gasteiger partial charge in [-0.2, -0.15) is 0 Å². The summed E-state index contributed by atoms with van der Waals surface area (Å²) >= 11 is 1.58. The van der Waals surface area contributed by atoms with E-state index in [1.165, 1.54) is 25.1 Å². The van der Waals surface area contributed by atoms with Crippen LogP contribution in [0.2, 0.25) is 0 Å². The number of carbonyl (C=O) groups excluding carboxylic acids is 1. The predicted octanol–water partition coefficient (Wildman–Crippen LogP) is 3.67. The van der Waals surface area contributed by atoms with Crippen molar-refractivity contribution >= 4 is 17.2 Å². The zero-order chi connectivity index (χ0) is 16.5. The molecular weight excluding hydrogens is 320 g/mol. The number of ether oxygens (including phenoxy) is 1. The molecule has 1 amide bonds. The fourth-order valence-corrected chi connectivity index (χ4v) is 4.45. The number of rotatable bonds is 4. The average Bonchev–Trinajstić information content (AvgIpc) is 3.13. The minimum Gasteiger partial charge on any atom is -0.447 e. The second-order valence-electron chi connectivity index (χ2n) is 6.89. The summed E-state index contributed by atoms with van der Waals surface area (Å²) in [7, 11) is 0. The van der Waals surface area contributed by atoms with Crippen LogP contribution in [0, 0.1) is 12.8 Å². The van der Waals surface area contributed by atoms with Crippen molar-refractivity contribution in [1.82, 2.24) is 10.2 Å². The average molecular weight is 342 g/mol. The van der Waals surface area contributed by atoms with Crippen molar-refractivity contribution in [3.8, 4) is 10.8 Å². The van der Waals surface area contributed by atoms with Crippen molar-refractivity contribution in [2.24, 2.45) is 5.92 Å². The van der Waals surface area contributed by atoms with Crippen LogP contribution in [0.5, 0.6) is 10.8 Å². The summed E-state index contributed by atoms with van der Waals surface area (Å²) in [5.41, 5.74) is 1.89. The number of benzene rings is 1. The number of hydrogen-bond donors (Lipinski definition) is 1. The molecule has 0 aliphatic carbocycles. The second-order valence-corrected chi connectivity index (χ2v) is 7.76. The summed E-state index contributed by atoms with van der Waals surface area (Å²) < 4.78 is 5.80. The molecule has 3 heterocycles. The first-order chi connectivity index (χ1) is 11.7. The van der Waals surface area contributed by atoms with Gasteiger partial charge in [-0.25, -0.2) is 0 Å². The van der Waals surface area contributed by atoms with Crippen LogP contribution in [-0.2, 0) is 0 Å². The number of aryl methyl sites for hydroxylation is 1. The Balaban J connectivity index is 1.36. The summed E-state index contributed by atoms with van der Waals surface area (Å²) in [6.07, 6.45) is 2.39. The van der Waals surface area contributed by atoms with Crippen molar-refractivity contribution in [3.63, 3.8) is 0 Å². The monoisotopic (exact) mass is 342 g/mol. The van der Waals surface area contributed by atoms with E-state index in [2.05, 4.69) is 15.6 Å². The number of amides is 1. The maximum atomic E-state index is 12.5. The van der Waals surface area contributed by atoms with Gasteiger partial charge in [0.2, 0.25) is 0 Å². The molecule has 1 unspecified atom stereocenters. The molecule has 5 heteroatoms. The van der Waals surface area contributed by atoms with E-state index in [-0.39, 0.29) is 11.9 Å². The molecule has 2 aliphatic rings. The fourth-order valence-electron chi connectivity index (χ4n) is 3.68. The molecule has 24 heavy (non-hydrogen) atoms. The zero-order valence-electron chi connectivity index (χ0n) is 13.8. The molecule has 4 rings (SSSR count). The van der Waals surface area contributed by atoms with Crippen LogP contribution in [-0.4, -0.2) is 36.5 Å². The SMILES string of the molecule is Cc1csc(Oc2ccc(C(=O)N[C@@H]3C[C@H]4CCN(C4)C3)cc2)c1. The highest BCUT2D eigenvalue weighted by Crippen LogP contribution is 2.29. The molecular formula is C19H22N2O2S. The third-order valence-corrected chi connectivity index (χ3v) is 5.77. The van der Waals surface area contributed by atoms with E-state index in [0.29, 0.717) is 5.56 Å². The molecule has 1 N–H and O–H groups in total. The van der Waals surface area contributed by atoms with E-state index in [0.717, 1.165) is 29.7 Å². The first-order valence-corrected chi connectivity index (χ1v) is 9.40. The van der Waals surface area contributed by atoms with Crippen LogP contribution in [0.25, 0.3) is 0 Å². The number of fused-ring (bicyclic) bond motifs is 2. The molecule has 126 valence electrons. The Bertz CT molecular complexity index is 713. The molecule has 1 aromatic heterocycles. The van der Waals surface area contributed by atoms with Gasteiger partial charge in [-0.05, 0) is 73.5 Å². The van der Waals surface area contributed by atoms with Gasteiger partial charge in [-0.15, -0.1) is 11.3 Å². The smallest absolute Gasteiger partial charge is 0.251 e. The van der Waals surface area contributed by atoms with E-state index in [9.17, 15) is 4.79 Å². The summed E-state index contributed by atoms with van der Waals surface area (Å²) in [5, 5.41) is 6.12. The first-order valence-electron chi connectivity index (χ1n) is 8.52. The number of nitrogens with zero attached hydrogens (tertiary/aromatic N) is 1. The van der Waals surface area contributed by atoms with E-state index in [1.807, 2.05) is 37.3 Å². The highest BCUT2D eigenvalue weighted by molar-refractivity contribution is 7.12. The minimum atomic E-state index is 0.0148. The lowest BCUT2D eigenvalue weighted by Crippen LogP contribution is -2.46. The van der Waals surface area contributed by atoms with Crippen LogP contribution >= 0.6 is 11.3 Å². The normalized spacial score (nSPS) is 25.5. The highest BCUT2D eigenvalue weighted by Gasteiger charge is 2.32. The van der Waals surface area contributed by atoms with E-state index in [1.54, 1.807) is 11.3 Å². The molecule has 2 aromatic rings. The Morgan fingerprint density at radius 1 is 1.29 bits per heavy atom. The van der Waals surface area contributed by atoms with Gasteiger partial charge in [0.25, 0.3) is 5.91 Å². The van der Waals surface area contributed by atoms with Crippen molar-refractivity contribution in [2.45, 2.75) is 25.8 Å². The van der Waals surface area contributed by atoms with Gasteiger partial charge in [-0.1, -0.05) is 0 Å². The van der Waals surface area contributed by atoms with Gasteiger partial charge in [0.05, 0.1) is 0 Å². The molecule has 4 nitrogen and oxygen atoms in total. The van der Waals surface area contributed by atoms with Crippen molar-refractivity contribution in [3.05, 3.63) is 46.8 Å². The van der Waals surface area contributed by atoms with Gasteiger partial charge in [-0.3, -0.25) is 4.79 Å². The Hall–Kier alpha value is -1.85. The lowest BCUT2D eigenvalue weighted by Gasteiger charge is -2.30. The zero-order valence-corrected chi connectivity index (χ0v) is 14.6. The molecule has 1 aromatic carbocycles. The van der Waals surface area contributed by atoms with E-state index in [4.69, 9.17) is 4.74 Å². The number of carbonyl (C=O) groups is 1. The van der Waals surface area contributed by atoms with Crippen LogP contribution in [0.3, 0.4) is 0 Å². The van der Waals surface area contributed by atoms with Crippen molar-refractivity contribution in [2.75, 3.05) is 19.6 Å². The third kappa shape index (κ3) is 3.47. The van der Waals surface area contributed by atoms with Gasteiger partial charge >= 0.3 is 0 Å². The highest BCUT2D eigenvalue weighted by atomic mass is 32.1. The maximum absolute atomic E-state index is 12.5. The van der Waals surface area contributed by atoms with Crippen LogP contribution in [0.4, 0.5) is 0 Å².